The molecule has 0 aromatic rings. The third-order valence-corrected chi connectivity index (χ3v) is 6.29. The van der Waals surface area contributed by atoms with Gasteiger partial charge in [-0.05, 0) is 33.0 Å². The fourth-order valence-corrected chi connectivity index (χ4v) is 5.15. The van der Waals surface area contributed by atoms with Crippen molar-refractivity contribution in [1.29, 1.82) is 0 Å². The topological polar surface area (TPSA) is 12.5 Å². The van der Waals surface area contributed by atoms with Crippen LogP contribution in [0.3, 0.4) is 0 Å². The van der Waals surface area contributed by atoms with Crippen LogP contribution in [0.4, 0.5) is 0 Å². The Hall–Kier alpha value is 0.137. The van der Waals surface area contributed by atoms with Crippen LogP contribution in [0.15, 0.2) is 0 Å². The van der Waals surface area contributed by atoms with Crippen molar-refractivity contribution in [3.05, 3.63) is 0 Å². The molecule has 1 rings (SSSR count). The molecular formula is C9H21NOSi. The summed E-state index contributed by atoms with van der Waals surface area (Å²) in [7, 11) is 3.49. The Morgan fingerprint density at radius 1 is 1.42 bits per heavy atom. The first-order chi connectivity index (χ1) is 5.75. The van der Waals surface area contributed by atoms with Crippen LogP contribution >= 0.6 is 0 Å². The van der Waals surface area contributed by atoms with Crippen molar-refractivity contribution in [2.24, 2.45) is 0 Å². The van der Waals surface area contributed by atoms with Crippen LogP contribution in [0.5, 0.6) is 0 Å². The van der Waals surface area contributed by atoms with E-state index in [9.17, 15) is 0 Å². The number of rotatable bonds is 3. The molecule has 2 unspecified atom stereocenters. The molecule has 0 saturated carbocycles. The van der Waals surface area contributed by atoms with Crippen LogP contribution in [0.25, 0.3) is 0 Å². The standard InChI is InChI=1S/C9H21NOSi/c1-4-9(10(2)3)12-8-6-5-7-11-12/h9,12H,4-8H2,1-3H3. The molecule has 2 nitrogen and oxygen atoms in total. The lowest BCUT2D eigenvalue weighted by atomic mass is 10.4. The van der Waals surface area contributed by atoms with Gasteiger partial charge in [-0.25, -0.2) is 0 Å². The monoisotopic (exact) mass is 187 g/mol. The normalized spacial score (nSPS) is 27.5. The summed E-state index contributed by atoms with van der Waals surface area (Å²) in [5, 5.41) is 0. The predicted molar refractivity (Wildman–Crippen MR) is 54.9 cm³/mol. The average molecular weight is 187 g/mol. The van der Waals surface area contributed by atoms with Crippen molar-refractivity contribution in [2.45, 2.75) is 37.9 Å². The quantitative estimate of drug-likeness (QED) is 0.619. The van der Waals surface area contributed by atoms with E-state index in [-0.39, 0.29) is 0 Å². The molecule has 1 aliphatic rings. The van der Waals surface area contributed by atoms with E-state index >= 15 is 0 Å². The van der Waals surface area contributed by atoms with E-state index in [4.69, 9.17) is 4.43 Å². The molecule has 2 atom stereocenters. The maximum atomic E-state index is 5.89. The first-order valence-corrected chi connectivity index (χ1v) is 6.99. The number of nitrogens with zero attached hydrogens (tertiary/aromatic N) is 1. The molecule has 1 fully saturated rings. The van der Waals surface area contributed by atoms with Gasteiger partial charge in [0.05, 0.1) is 0 Å². The van der Waals surface area contributed by atoms with Gasteiger partial charge in [0.1, 0.15) is 0 Å². The molecule has 0 N–H and O–H groups in total. The maximum Gasteiger partial charge on any atom is 0.193 e. The molecule has 0 radical (unpaired) electrons. The van der Waals surface area contributed by atoms with Crippen LogP contribution in [-0.4, -0.2) is 40.3 Å². The Bertz CT molecular complexity index is 124. The molecule has 72 valence electrons. The molecule has 0 amide bonds. The van der Waals surface area contributed by atoms with Crippen molar-refractivity contribution in [3.63, 3.8) is 0 Å². The third kappa shape index (κ3) is 2.57. The summed E-state index contributed by atoms with van der Waals surface area (Å²) in [4.78, 5) is 2.35. The minimum absolute atomic E-state index is 0.755. The molecule has 0 spiro atoms. The van der Waals surface area contributed by atoms with E-state index in [1.807, 2.05) is 0 Å². The second-order valence-electron chi connectivity index (χ2n) is 3.84. The van der Waals surface area contributed by atoms with E-state index < -0.39 is 9.04 Å². The second-order valence-corrected chi connectivity index (χ2v) is 6.60. The van der Waals surface area contributed by atoms with Crippen molar-refractivity contribution < 1.29 is 4.43 Å². The first-order valence-electron chi connectivity index (χ1n) is 5.03. The van der Waals surface area contributed by atoms with Gasteiger partial charge in [-0.2, -0.15) is 0 Å². The summed E-state index contributed by atoms with van der Waals surface area (Å²) in [6.07, 6.45) is 3.94. The van der Waals surface area contributed by atoms with Gasteiger partial charge in [0, 0.05) is 12.3 Å². The van der Waals surface area contributed by atoms with Crippen LogP contribution in [-0.2, 0) is 4.43 Å². The fraction of sp³-hybridized carbons (Fsp3) is 1.00. The first kappa shape index (κ1) is 10.2. The lowest BCUT2D eigenvalue weighted by Crippen LogP contribution is -2.45. The molecule has 0 bridgehead atoms. The molecule has 3 heteroatoms. The van der Waals surface area contributed by atoms with E-state index in [0.717, 1.165) is 12.3 Å². The Kier molecular flexibility index (Phi) is 4.25. The predicted octanol–water partition coefficient (Wildman–Crippen LogP) is 1.40. The molecule has 1 aliphatic heterocycles. The Balaban J connectivity index is 2.40. The van der Waals surface area contributed by atoms with Gasteiger partial charge in [-0.3, -0.25) is 0 Å². The highest BCUT2D eigenvalue weighted by atomic mass is 28.3. The summed E-state index contributed by atoms with van der Waals surface area (Å²) in [6, 6.07) is 1.39. The van der Waals surface area contributed by atoms with Gasteiger partial charge in [0.25, 0.3) is 0 Å². The van der Waals surface area contributed by atoms with Crippen LogP contribution in [0.1, 0.15) is 26.2 Å². The average Bonchev–Trinajstić information content (AvgIpc) is 2.07. The van der Waals surface area contributed by atoms with Gasteiger partial charge < -0.3 is 9.33 Å². The third-order valence-electron chi connectivity index (χ3n) is 2.73. The number of hydrogen-bond acceptors (Lipinski definition) is 2. The van der Waals surface area contributed by atoms with E-state index in [2.05, 4.69) is 25.9 Å². The van der Waals surface area contributed by atoms with Crippen molar-refractivity contribution in [3.8, 4) is 0 Å². The summed E-state index contributed by atoms with van der Waals surface area (Å²) in [6.45, 7) is 3.30. The zero-order chi connectivity index (χ0) is 8.97. The molecule has 0 aliphatic carbocycles. The maximum absolute atomic E-state index is 5.89. The zero-order valence-electron chi connectivity index (χ0n) is 8.55. The summed E-state index contributed by atoms with van der Waals surface area (Å²) < 4.78 is 5.89. The smallest absolute Gasteiger partial charge is 0.193 e. The largest absolute Gasteiger partial charge is 0.418 e. The fourth-order valence-electron chi connectivity index (χ4n) is 2.03. The van der Waals surface area contributed by atoms with Gasteiger partial charge in [-0.1, -0.05) is 13.3 Å². The van der Waals surface area contributed by atoms with Crippen LogP contribution in [0.2, 0.25) is 6.04 Å². The summed E-state index contributed by atoms with van der Waals surface area (Å²) >= 11 is 0. The lowest BCUT2D eigenvalue weighted by Gasteiger charge is -2.32. The van der Waals surface area contributed by atoms with E-state index in [1.54, 1.807) is 0 Å². The molecule has 1 heterocycles. The van der Waals surface area contributed by atoms with Gasteiger partial charge in [0.2, 0.25) is 0 Å². The molecule has 12 heavy (non-hydrogen) atoms. The second kappa shape index (κ2) is 4.99. The van der Waals surface area contributed by atoms with Gasteiger partial charge in [-0.15, -0.1) is 0 Å². The molecule has 1 saturated heterocycles. The van der Waals surface area contributed by atoms with E-state index in [0.29, 0.717) is 0 Å². The minimum Gasteiger partial charge on any atom is -0.418 e. The van der Waals surface area contributed by atoms with Crippen molar-refractivity contribution in [1.82, 2.24) is 4.90 Å². The highest BCUT2D eigenvalue weighted by Gasteiger charge is 2.26. The van der Waals surface area contributed by atoms with Crippen molar-refractivity contribution in [2.75, 3.05) is 20.7 Å². The minimum atomic E-state index is -0.873. The zero-order valence-corrected chi connectivity index (χ0v) is 9.70. The highest BCUT2D eigenvalue weighted by Crippen LogP contribution is 2.17. The van der Waals surface area contributed by atoms with Gasteiger partial charge >= 0.3 is 0 Å². The summed E-state index contributed by atoms with van der Waals surface area (Å²) in [5.74, 6) is 0. The lowest BCUT2D eigenvalue weighted by molar-refractivity contribution is 0.244. The SMILES string of the molecule is CCC(N(C)C)[SiH]1CCCCO1. The van der Waals surface area contributed by atoms with Gasteiger partial charge in [0.15, 0.2) is 9.04 Å². The molecule has 0 aromatic heterocycles. The highest BCUT2D eigenvalue weighted by molar-refractivity contribution is 6.53. The number of hydrogen-bond donors (Lipinski definition) is 0. The Morgan fingerprint density at radius 3 is 2.58 bits per heavy atom. The van der Waals surface area contributed by atoms with E-state index in [1.165, 1.54) is 25.3 Å². The Morgan fingerprint density at radius 2 is 2.17 bits per heavy atom. The van der Waals surface area contributed by atoms with Crippen LogP contribution < -0.4 is 0 Å². The Labute approximate surface area is 77.6 Å². The molecule has 0 aromatic carbocycles. The summed E-state index contributed by atoms with van der Waals surface area (Å²) in [5.41, 5.74) is 0.755. The molecular weight excluding hydrogens is 166 g/mol. The van der Waals surface area contributed by atoms with Crippen molar-refractivity contribution >= 4 is 9.04 Å². The van der Waals surface area contributed by atoms with Crippen LogP contribution in [0, 0.1) is 0 Å².